The second kappa shape index (κ2) is 7.04. The molecule has 0 bridgehead atoms. The Balaban J connectivity index is 2.08. The second-order valence-electron chi connectivity index (χ2n) is 4.74. The fraction of sp³-hybridized carbons (Fsp3) is 0.118. The van der Waals surface area contributed by atoms with Gasteiger partial charge in [-0.25, -0.2) is 4.79 Å². The predicted octanol–water partition coefficient (Wildman–Crippen LogP) is 1.98. The third-order valence-corrected chi connectivity index (χ3v) is 3.16. The lowest BCUT2D eigenvalue weighted by atomic mass is 10.1. The van der Waals surface area contributed by atoms with E-state index < -0.39 is 17.9 Å². The molecule has 0 aliphatic heterocycles. The highest BCUT2D eigenvalue weighted by Crippen LogP contribution is 2.07. The number of nitriles is 1. The topological polar surface area (TPSA) is 90.2 Å². The minimum atomic E-state index is -1.09. The number of carboxylic acids is 1. The lowest BCUT2D eigenvalue weighted by molar-refractivity contribution is -0.139. The van der Waals surface area contributed by atoms with Gasteiger partial charge in [-0.15, -0.1) is 0 Å². The molecule has 0 spiro atoms. The molecule has 1 atom stereocenters. The highest BCUT2D eigenvalue weighted by Gasteiger charge is 2.21. The number of amides is 1. The number of carbonyl (C=O) groups excluding carboxylic acids is 1. The summed E-state index contributed by atoms with van der Waals surface area (Å²) >= 11 is 0. The zero-order valence-corrected chi connectivity index (χ0v) is 11.7. The molecule has 0 aliphatic carbocycles. The zero-order valence-electron chi connectivity index (χ0n) is 11.7. The molecule has 2 rings (SSSR count). The van der Waals surface area contributed by atoms with E-state index in [-0.39, 0.29) is 6.42 Å². The van der Waals surface area contributed by atoms with Crippen molar-refractivity contribution in [3.05, 3.63) is 71.3 Å². The number of hydrogen-bond donors (Lipinski definition) is 2. The maximum absolute atomic E-state index is 12.1. The summed E-state index contributed by atoms with van der Waals surface area (Å²) in [6.07, 6.45) is 0.207. The van der Waals surface area contributed by atoms with Crippen molar-refractivity contribution in [1.82, 2.24) is 5.32 Å². The number of carbonyl (C=O) groups is 2. The number of benzene rings is 2. The van der Waals surface area contributed by atoms with Gasteiger partial charge in [0.1, 0.15) is 6.04 Å². The van der Waals surface area contributed by atoms with E-state index in [1.165, 1.54) is 24.3 Å². The SMILES string of the molecule is N#Cc1ccc(C(=O)NC(Cc2ccccc2)C(=O)O)cc1. The van der Waals surface area contributed by atoms with Crippen LogP contribution in [0.15, 0.2) is 54.6 Å². The molecular formula is C17H14N2O3. The van der Waals surface area contributed by atoms with Gasteiger partial charge in [0.25, 0.3) is 5.91 Å². The smallest absolute Gasteiger partial charge is 0.326 e. The van der Waals surface area contributed by atoms with Crippen molar-refractivity contribution >= 4 is 11.9 Å². The molecule has 2 aromatic rings. The Labute approximate surface area is 127 Å². The first-order chi connectivity index (χ1) is 10.6. The molecule has 22 heavy (non-hydrogen) atoms. The first-order valence-corrected chi connectivity index (χ1v) is 6.68. The Morgan fingerprint density at radius 2 is 1.73 bits per heavy atom. The highest BCUT2D eigenvalue weighted by molar-refractivity contribution is 5.96. The fourth-order valence-electron chi connectivity index (χ4n) is 1.99. The molecule has 0 heterocycles. The normalized spacial score (nSPS) is 11.2. The highest BCUT2D eigenvalue weighted by atomic mass is 16.4. The third-order valence-electron chi connectivity index (χ3n) is 3.16. The van der Waals surface area contributed by atoms with Crippen LogP contribution in [-0.2, 0) is 11.2 Å². The van der Waals surface area contributed by atoms with Gasteiger partial charge in [0.2, 0.25) is 0 Å². The van der Waals surface area contributed by atoms with Crippen molar-refractivity contribution < 1.29 is 14.7 Å². The summed E-state index contributed by atoms with van der Waals surface area (Å²) in [5, 5.41) is 20.5. The Morgan fingerprint density at radius 1 is 1.09 bits per heavy atom. The van der Waals surface area contributed by atoms with Crippen molar-refractivity contribution in [2.24, 2.45) is 0 Å². The average Bonchev–Trinajstić information content (AvgIpc) is 2.55. The van der Waals surface area contributed by atoms with E-state index in [1.807, 2.05) is 36.4 Å². The summed E-state index contributed by atoms with van der Waals surface area (Å²) < 4.78 is 0. The van der Waals surface area contributed by atoms with Gasteiger partial charge in [0.15, 0.2) is 0 Å². The molecule has 2 N–H and O–H groups in total. The number of aliphatic carboxylic acids is 1. The van der Waals surface area contributed by atoms with Crippen molar-refractivity contribution in [2.45, 2.75) is 12.5 Å². The molecule has 0 saturated heterocycles. The number of rotatable bonds is 5. The third kappa shape index (κ3) is 3.93. The van der Waals surface area contributed by atoms with Crippen LogP contribution >= 0.6 is 0 Å². The zero-order chi connectivity index (χ0) is 15.9. The van der Waals surface area contributed by atoms with Crippen LogP contribution < -0.4 is 5.32 Å². The Kier molecular flexibility index (Phi) is 4.89. The molecule has 0 fully saturated rings. The van der Waals surface area contributed by atoms with Crippen LogP contribution in [0.25, 0.3) is 0 Å². The van der Waals surface area contributed by atoms with Gasteiger partial charge in [0, 0.05) is 12.0 Å². The van der Waals surface area contributed by atoms with Crippen LogP contribution in [0.4, 0.5) is 0 Å². The van der Waals surface area contributed by atoms with E-state index in [1.54, 1.807) is 0 Å². The molecule has 0 aromatic heterocycles. The summed E-state index contributed by atoms with van der Waals surface area (Å²) in [6.45, 7) is 0. The molecule has 0 saturated carbocycles. The van der Waals surface area contributed by atoms with Crippen molar-refractivity contribution in [3.63, 3.8) is 0 Å². The molecule has 1 unspecified atom stereocenters. The molecule has 110 valence electrons. The minimum Gasteiger partial charge on any atom is -0.480 e. The van der Waals surface area contributed by atoms with E-state index in [9.17, 15) is 14.7 Å². The van der Waals surface area contributed by atoms with E-state index in [0.29, 0.717) is 11.1 Å². The molecule has 5 heteroatoms. The van der Waals surface area contributed by atoms with Gasteiger partial charge < -0.3 is 10.4 Å². The van der Waals surface area contributed by atoms with Gasteiger partial charge in [-0.05, 0) is 29.8 Å². The lowest BCUT2D eigenvalue weighted by Crippen LogP contribution is -2.42. The number of nitrogens with zero attached hydrogens (tertiary/aromatic N) is 1. The average molecular weight is 294 g/mol. The monoisotopic (exact) mass is 294 g/mol. The molecule has 0 aliphatic rings. The van der Waals surface area contributed by atoms with E-state index >= 15 is 0 Å². The summed E-state index contributed by atoms with van der Waals surface area (Å²) in [6, 6.07) is 16.1. The fourth-order valence-corrected chi connectivity index (χ4v) is 1.99. The number of nitrogens with one attached hydrogen (secondary N) is 1. The van der Waals surface area contributed by atoms with Crippen LogP contribution in [0.3, 0.4) is 0 Å². The number of carboxylic acid groups (broad SMARTS) is 1. The van der Waals surface area contributed by atoms with Gasteiger partial charge in [-0.1, -0.05) is 30.3 Å². The van der Waals surface area contributed by atoms with Crippen LogP contribution in [0.1, 0.15) is 21.5 Å². The molecule has 1 amide bonds. The van der Waals surface area contributed by atoms with Crippen LogP contribution in [0.2, 0.25) is 0 Å². The quantitative estimate of drug-likeness (QED) is 0.882. The standard InChI is InChI=1S/C17H14N2O3/c18-11-13-6-8-14(9-7-13)16(20)19-15(17(21)22)10-12-4-2-1-3-5-12/h1-9,15H,10H2,(H,19,20)(H,21,22). The summed E-state index contributed by atoms with van der Waals surface area (Å²) in [5.41, 5.74) is 1.59. The van der Waals surface area contributed by atoms with Crippen LogP contribution in [0.5, 0.6) is 0 Å². The van der Waals surface area contributed by atoms with Gasteiger partial charge in [0.05, 0.1) is 11.6 Å². The number of hydrogen-bond acceptors (Lipinski definition) is 3. The minimum absolute atomic E-state index is 0.207. The van der Waals surface area contributed by atoms with E-state index in [2.05, 4.69) is 5.32 Å². The Hall–Kier alpha value is -3.13. The largest absolute Gasteiger partial charge is 0.480 e. The molecule has 5 nitrogen and oxygen atoms in total. The Bertz CT molecular complexity index is 703. The van der Waals surface area contributed by atoms with Crippen LogP contribution in [0, 0.1) is 11.3 Å². The predicted molar refractivity (Wildman–Crippen MR) is 80.2 cm³/mol. The first kappa shape index (κ1) is 15.3. The molecule has 2 aromatic carbocycles. The van der Waals surface area contributed by atoms with Crippen LogP contribution in [-0.4, -0.2) is 23.0 Å². The van der Waals surface area contributed by atoms with Gasteiger partial charge in [-0.2, -0.15) is 5.26 Å². The summed E-state index contributed by atoms with van der Waals surface area (Å²) in [5.74, 6) is -1.57. The molecule has 0 radical (unpaired) electrons. The van der Waals surface area contributed by atoms with Gasteiger partial charge in [-0.3, -0.25) is 4.79 Å². The van der Waals surface area contributed by atoms with Crippen molar-refractivity contribution in [3.8, 4) is 6.07 Å². The maximum Gasteiger partial charge on any atom is 0.326 e. The van der Waals surface area contributed by atoms with Gasteiger partial charge >= 0.3 is 5.97 Å². The Morgan fingerprint density at radius 3 is 2.27 bits per heavy atom. The second-order valence-corrected chi connectivity index (χ2v) is 4.74. The first-order valence-electron chi connectivity index (χ1n) is 6.68. The lowest BCUT2D eigenvalue weighted by Gasteiger charge is -2.14. The summed E-state index contributed by atoms with van der Waals surface area (Å²) in [7, 11) is 0. The van der Waals surface area contributed by atoms with Crippen molar-refractivity contribution in [1.29, 1.82) is 5.26 Å². The van der Waals surface area contributed by atoms with E-state index in [0.717, 1.165) is 5.56 Å². The molecular weight excluding hydrogens is 280 g/mol. The van der Waals surface area contributed by atoms with Crippen molar-refractivity contribution in [2.75, 3.05) is 0 Å². The maximum atomic E-state index is 12.1. The van der Waals surface area contributed by atoms with E-state index in [4.69, 9.17) is 5.26 Å². The summed E-state index contributed by atoms with van der Waals surface area (Å²) in [4.78, 5) is 23.4.